The second-order valence-corrected chi connectivity index (χ2v) is 4.15. The Morgan fingerprint density at radius 2 is 2.35 bits per heavy atom. The minimum atomic E-state index is -0.928. The van der Waals surface area contributed by atoms with E-state index in [1.54, 1.807) is 0 Å². The Morgan fingerprint density at radius 3 is 3.00 bits per heavy atom. The molecule has 1 saturated carbocycles. The van der Waals surface area contributed by atoms with Gasteiger partial charge in [0.05, 0.1) is 6.42 Å². The first-order valence-electron chi connectivity index (χ1n) is 5.80. The van der Waals surface area contributed by atoms with Crippen molar-refractivity contribution in [2.75, 3.05) is 6.54 Å². The Kier molecular flexibility index (Phi) is 5.39. The number of hydrogen-bond donors (Lipinski definition) is 2. The summed E-state index contributed by atoms with van der Waals surface area (Å²) in [7, 11) is 0. The number of carbonyl (C=O) groups excluding carboxylic acids is 1. The van der Waals surface area contributed by atoms with E-state index in [0.29, 0.717) is 5.92 Å². The summed E-state index contributed by atoms with van der Waals surface area (Å²) in [4.78, 5) is 25.6. The second-order valence-electron chi connectivity index (χ2n) is 4.15. The van der Waals surface area contributed by atoms with Crippen LogP contribution in [0.4, 0.5) is 4.79 Å². The van der Waals surface area contributed by atoms with E-state index in [0.717, 1.165) is 31.4 Å². The van der Waals surface area contributed by atoms with Crippen LogP contribution < -0.4 is 5.32 Å². The van der Waals surface area contributed by atoms with Crippen LogP contribution in [0.15, 0.2) is 17.6 Å². The molecular weight excluding hydrogens is 220 g/mol. The van der Waals surface area contributed by atoms with Gasteiger partial charge in [0.2, 0.25) is 0 Å². The van der Waals surface area contributed by atoms with Gasteiger partial charge in [0.1, 0.15) is 0 Å². The molecule has 0 bridgehead atoms. The molecule has 2 amide bonds. The number of nitrogens with one attached hydrogen (secondary N) is 1. The zero-order valence-corrected chi connectivity index (χ0v) is 9.82. The number of carbonyl (C=O) groups is 2. The number of amides is 2. The molecule has 0 aromatic carbocycles. The lowest BCUT2D eigenvalue weighted by Crippen LogP contribution is -2.25. The minimum absolute atomic E-state index is 0.0775. The molecule has 0 spiro atoms. The fraction of sp³-hybridized carbons (Fsp3) is 0.583. The minimum Gasteiger partial charge on any atom is -0.481 e. The number of urea groups is 1. The molecule has 1 unspecified atom stereocenters. The molecule has 5 heteroatoms. The van der Waals surface area contributed by atoms with Gasteiger partial charge in [-0.2, -0.15) is 0 Å². The average Bonchev–Trinajstić information content (AvgIpc) is 2.28. The third-order valence-electron chi connectivity index (χ3n) is 2.75. The van der Waals surface area contributed by atoms with Crippen LogP contribution >= 0.6 is 0 Å². The van der Waals surface area contributed by atoms with Gasteiger partial charge in [-0.3, -0.25) is 4.79 Å². The van der Waals surface area contributed by atoms with Crippen LogP contribution in [-0.2, 0) is 4.79 Å². The number of carboxylic acid groups (broad SMARTS) is 1. The molecule has 1 atom stereocenters. The standard InChI is InChI=1S/C12H18N2O3/c1-2-9-4-3-5-10(8-9)14-12(17)13-7-6-11(15)16/h2,9H,1,3-8H2,(H,13,17)(H,15,16). The Labute approximate surface area is 101 Å². The van der Waals surface area contributed by atoms with Crippen LogP contribution in [0, 0.1) is 5.92 Å². The second kappa shape index (κ2) is 6.83. The van der Waals surface area contributed by atoms with Crippen LogP contribution in [0.3, 0.4) is 0 Å². The maximum atomic E-state index is 11.4. The largest absolute Gasteiger partial charge is 0.481 e. The van der Waals surface area contributed by atoms with Crippen molar-refractivity contribution in [1.29, 1.82) is 0 Å². The van der Waals surface area contributed by atoms with Crippen LogP contribution in [-0.4, -0.2) is 29.4 Å². The van der Waals surface area contributed by atoms with Crippen molar-refractivity contribution in [3.8, 4) is 0 Å². The summed E-state index contributed by atoms with van der Waals surface area (Å²) in [5, 5.41) is 10.9. The van der Waals surface area contributed by atoms with E-state index in [1.165, 1.54) is 0 Å². The molecule has 0 heterocycles. The van der Waals surface area contributed by atoms with Gasteiger partial charge in [-0.25, -0.2) is 9.79 Å². The highest BCUT2D eigenvalue weighted by molar-refractivity contribution is 5.95. The van der Waals surface area contributed by atoms with E-state index >= 15 is 0 Å². The lowest BCUT2D eigenvalue weighted by atomic mass is 9.88. The van der Waals surface area contributed by atoms with E-state index in [-0.39, 0.29) is 13.0 Å². The molecule has 0 radical (unpaired) electrons. The Hall–Kier alpha value is -1.65. The quantitative estimate of drug-likeness (QED) is 0.735. The molecule has 94 valence electrons. The Morgan fingerprint density at radius 1 is 1.59 bits per heavy atom. The molecule has 2 N–H and O–H groups in total. The maximum absolute atomic E-state index is 11.4. The van der Waals surface area contributed by atoms with Crippen LogP contribution in [0.25, 0.3) is 0 Å². The van der Waals surface area contributed by atoms with Crippen LogP contribution in [0.2, 0.25) is 0 Å². The predicted octanol–water partition coefficient (Wildman–Crippen LogP) is 1.99. The normalized spacial score (nSPS) is 22.1. The van der Waals surface area contributed by atoms with E-state index in [9.17, 15) is 9.59 Å². The summed E-state index contributed by atoms with van der Waals surface area (Å²) >= 11 is 0. The average molecular weight is 238 g/mol. The first kappa shape index (κ1) is 13.4. The van der Waals surface area contributed by atoms with Gasteiger partial charge in [0, 0.05) is 12.3 Å². The number of rotatable bonds is 4. The van der Waals surface area contributed by atoms with E-state index in [1.807, 2.05) is 6.08 Å². The lowest BCUT2D eigenvalue weighted by molar-refractivity contribution is -0.136. The van der Waals surface area contributed by atoms with Crippen LogP contribution in [0.1, 0.15) is 32.1 Å². The highest BCUT2D eigenvalue weighted by Gasteiger charge is 2.16. The van der Waals surface area contributed by atoms with Crippen molar-refractivity contribution < 1.29 is 14.7 Å². The predicted molar refractivity (Wildman–Crippen MR) is 65.2 cm³/mol. The van der Waals surface area contributed by atoms with Gasteiger partial charge in [-0.05, 0) is 31.6 Å². The molecule has 1 aliphatic carbocycles. The van der Waals surface area contributed by atoms with Crippen molar-refractivity contribution >= 4 is 17.7 Å². The molecule has 0 aliphatic heterocycles. The van der Waals surface area contributed by atoms with Crippen molar-refractivity contribution in [1.82, 2.24) is 5.32 Å². The molecule has 0 aromatic rings. The summed E-state index contributed by atoms with van der Waals surface area (Å²) in [6.07, 6.45) is 5.58. The van der Waals surface area contributed by atoms with Gasteiger partial charge in [0.15, 0.2) is 0 Å². The van der Waals surface area contributed by atoms with Gasteiger partial charge >= 0.3 is 12.0 Å². The van der Waals surface area contributed by atoms with Gasteiger partial charge in [-0.15, -0.1) is 6.58 Å². The van der Waals surface area contributed by atoms with Gasteiger partial charge in [-0.1, -0.05) is 6.08 Å². The smallest absolute Gasteiger partial charge is 0.340 e. The molecule has 0 aromatic heterocycles. The van der Waals surface area contributed by atoms with Gasteiger partial charge in [0.25, 0.3) is 0 Å². The van der Waals surface area contributed by atoms with Crippen molar-refractivity contribution in [2.45, 2.75) is 32.1 Å². The van der Waals surface area contributed by atoms with E-state index < -0.39 is 12.0 Å². The van der Waals surface area contributed by atoms with Gasteiger partial charge < -0.3 is 10.4 Å². The fourth-order valence-electron chi connectivity index (χ4n) is 1.84. The van der Waals surface area contributed by atoms with E-state index in [2.05, 4.69) is 16.9 Å². The molecule has 1 aliphatic rings. The number of allylic oxidation sites excluding steroid dienone is 1. The number of carboxylic acids is 1. The third-order valence-corrected chi connectivity index (χ3v) is 2.75. The summed E-state index contributed by atoms with van der Waals surface area (Å²) in [6, 6.07) is -0.439. The highest BCUT2D eigenvalue weighted by atomic mass is 16.4. The molecule has 17 heavy (non-hydrogen) atoms. The zero-order valence-electron chi connectivity index (χ0n) is 9.82. The number of aliphatic imine (C=N–C) groups is 1. The molecule has 5 nitrogen and oxygen atoms in total. The SMILES string of the molecule is C=CC1CCCC(=NC(=O)NCCC(=O)O)C1. The number of hydrogen-bond acceptors (Lipinski definition) is 2. The summed E-state index contributed by atoms with van der Waals surface area (Å²) < 4.78 is 0. The topological polar surface area (TPSA) is 78.8 Å². The fourth-order valence-corrected chi connectivity index (χ4v) is 1.84. The van der Waals surface area contributed by atoms with E-state index in [4.69, 9.17) is 5.11 Å². The first-order valence-corrected chi connectivity index (χ1v) is 5.80. The monoisotopic (exact) mass is 238 g/mol. The molecule has 1 rings (SSSR count). The summed E-state index contributed by atoms with van der Waals surface area (Å²) in [5.41, 5.74) is 0.883. The summed E-state index contributed by atoms with van der Waals surface area (Å²) in [6.45, 7) is 3.87. The summed E-state index contributed by atoms with van der Waals surface area (Å²) in [5.74, 6) is -0.517. The number of aliphatic carboxylic acids is 1. The van der Waals surface area contributed by atoms with Crippen LogP contribution in [0.5, 0.6) is 0 Å². The van der Waals surface area contributed by atoms with Crippen molar-refractivity contribution in [2.24, 2.45) is 10.9 Å². The highest BCUT2D eigenvalue weighted by Crippen LogP contribution is 2.22. The van der Waals surface area contributed by atoms with Crippen molar-refractivity contribution in [3.63, 3.8) is 0 Å². The molecule has 1 fully saturated rings. The maximum Gasteiger partial charge on any atom is 0.340 e. The number of nitrogens with zero attached hydrogens (tertiary/aromatic N) is 1. The molecular formula is C12H18N2O3. The van der Waals surface area contributed by atoms with Crippen molar-refractivity contribution in [3.05, 3.63) is 12.7 Å². The third kappa shape index (κ3) is 5.29. The molecule has 0 saturated heterocycles. The Bertz CT molecular complexity index is 337. The lowest BCUT2D eigenvalue weighted by Gasteiger charge is -2.19. The first-order chi connectivity index (χ1) is 8.11. The zero-order chi connectivity index (χ0) is 12.7. The Balaban J connectivity index is 2.37.